The number of anilines is 1. The number of carbonyl (C=O) groups excluding carboxylic acids is 4. The number of imide groups is 1. The average Bonchev–Trinajstić information content (AvgIpc) is 3.81. The van der Waals surface area contributed by atoms with Crippen molar-refractivity contribution in [2.24, 2.45) is 7.05 Å². The Morgan fingerprint density at radius 1 is 0.907 bits per heavy atom. The largest absolute Gasteiger partial charge is 0.506 e. The normalized spacial score (nSPS) is 22.4. The van der Waals surface area contributed by atoms with Gasteiger partial charge in [-0.25, -0.2) is 18.2 Å². The molecule has 4 aromatic rings. The second-order valence-corrected chi connectivity index (χ2v) is 16.3. The number of hydrogen-bond acceptors (Lipinski definition) is 9. The Morgan fingerprint density at radius 3 is 2.35 bits per heavy atom. The van der Waals surface area contributed by atoms with Gasteiger partial charge in [-0.2, -0.15) is 8.42 Å². The molecule has 3 N–H and O–H groups in total. The molecule has 5 heterocycles. The van der Waals surface area contributed by atoms with Crippen LogP contribution in [0.5, 0.6) is 5.75 Å². The molecule has 4 aliphatic heterocycles. The van der Waals surface area contributed by atoms with Crippen LogP contribution in [-0.2, 0) is 36.4 Å². The number of aromatic nitrogens is 2. The van der Waals surface area contributed by atoms with Crippen LogP contribution in [0.2, 0.25) is 0 Å². The number of benzene rings is 3. The molecular weight excluding hydrogens is 722 g/mol. The first-order valence-corrected chi connectivity index (χ1v) is 19.6. The monoisotopic (exact) mass is 761 g/mol. The quantitative estimate of drug-likeness (QED) is 0.238. The van der Waals surface area contributed by atoms with Crippen LogP contribution in [0.15, 0.2) is 47.3 Å². The number of amides is 4. The van der Waals surface area contributed by atoms with Crippen molar-refractivity contribution < 1.29 is 37.1 Å². The number of aryl methyl sites for hydroxylation is 1. The molecule has 284 valence electrons. The van der Waals surface area contributed by atoms with E-state index in [-0.39, 0.29) is 47.6 Å². The highest BCUT2D eigenvalue weighted by atomic mass is 32.2. The number of halogens is 1. The lowest BCUT2D eigenvalue weighted by Crippen LogP contribution is -2.44. The van der Waals surface area contributed by atoms with Crippen molar-refractivity contribution in [3.63, 3.8) is 0 Å². The van der Waals surface area contributed by atoms with Crippen LogP contribution in [0, 0.1) is 5.82 Å². The lowest BCUT2D eigenvalue weighted by Gasteiger charge is -2.32. The van der Waals surface area contributed by atoms with Gasteiger partial charge in [0.1, 0.15) is 24.0 Å². The van der Waals surface area contributed by atoms with Gasteiger partial charge < -0.3 is 14.9 Å². The standard InChI is InChI=1S/C37H40FN7O8S/c1-41-29-17-23(4-5-27(29)45(37(41)51)28-6-7-31(47)39-36(28)50)21-8-12-42(13-9-21)14-11-33(49)43-15-10-25(19-43)22-2-3-24-18-30(46)35(34(38)26(24)16-22)44-20-32(48)40-54(44,52)53/h2-5,16-18,21,25,28,46H,6-15,19-20H2,1H3,(H,40,48)(H,39,47,50)/t25-,28?/m1/s1. The number of fused-ring (bicyclic) bond motifs is 2. The summed E-state index contributed by atoms with van der Waals surface area (Å²) >= 11 is 0. The van der Waals surface area contributed by atoms with Crippen molar-refractivity contribution in [3.8, 4) is 5.75 Å². The first kappa shape index (κ1) is 35.7. The Morgan fingerprint density at radius 2 is 1.63 bits per heavy atom. The molecule has 15 nitrogen and oxygen atoms in total. The molecule has 4 saturated heterocycles. The fraction of sp³-hybridized carbons (Fsp3) is 0.432. The summed E-state index contributed by atoms with van der Waals surface area (Å²) in [6.45, 7) is 2.65. The number of hydrogen-bond donors (Lipinski definition) is 3. The third kappa shape index (κ3) is 6.28. The van der Waals surface area contributed by atoms with Gasteiger partial charge in [0, 0.05) is 50.8 Å². The number of phenolic OH excluding ortho intramolecular Hbond substituents is 1. The molecule has 0 saturated carbocycles. The highest BCUT2D eigenvalue weighted by Gasteiger charge is 2.38. The average molecular weight is 762 g/mol. The molecule has 3 aromatic carbocycles. The summed E-state index contributed by atoms with van der Waals surface area (Å²) < 4.78 is 45.9. The smallest absolute Gasteiger partial charge is 0.329 e. The summed E-state index contributed by atoms with van der Waals surface area (Å²) in [5, 5.41) is 13.3. The van der Waals surface area contributed by atoms with Crippen molar-refractivity contribution in [2.45, 2.75) is 56.4 Å². The zero-order chi connectivity index (χ0) is 38.1. The first-order valence-electron chi connectivity index (χ1n) is 18.1. The van der Waals surface area contributed by atoms with Gasteiger partial charge in [0.25, 0.3) is 5.91 Å². The van der Waals surface area contributed by atoms with Crippen LogP contribution in [0.25, 0.3) is 21.8 Å². The van der Waals surface area contributed by atoms with Gasteiger partial charge in [-0.3, -0.25) is 33.6 Å². The van der Waals surface area contributed by atoms with Crippen molar-refractivity contribution in [2.75, 3.05) is 43.6 Å². The third-order valence-electron chi connectivity index (χ3n) is 11.5. The van der Waals surface area contributed by atoms with E-state index in [2.05, 4.69) is 10.2 Å². The van der Waals surface area contributed by atoms with Gasteiger partial charge >= 0.3 is 15.9 Å². The number of nitrogens with one attached hydrogen (secondary N) is 2. The van der Waals surface area contributed by atoms with Crippen LogP contribution >= 0.6 is 0 Å². The van der Waals surface area contributed by atoms with Gasteiger partial charge in [0.2, 0.25) is 17.7 Å². The Hall–Kier alpha value is -5.29. The summed E-state index contributed by atoms with van der Waals surface area (Å²) in [4.78, 5) is 66.6. The fourth-order valence-electron chi connectivity index (χ4n) is 8.51. The molecule has 0 spiro atoms. The Kier molecular flexibility index (Phi) is 8.95. The topological polar surface area (TPSA) is 183 Å². The van der Waals surface area contributed by atoms with Crippen molar-refractivity contribution >= 4 is 61.3 Å². The van der Waals surface area contributed by atoms with Crippen LogP contribution < -0.4 is 20.0 Å². The molecule has 1 unspecified atom stereocenters. The van der Waals surface area contributed by atoms with E-state index in [1.807, 2.05) is 29.2 Å². The number of phenols is 1. The van der Waals surface area contributed by atoms with Gasteiger partial charge in [0.15, 0.2) is 5.82 Å². The number of imidazole rings is 1. The number of carbonyl (C=O) groups is 4. The molecule has 2 atom stereocenters. The molecule has 8 rings (SSSR count). The van der Waals surface area contributed by atoms with E-state index in [9.17, 15) is 37.5 Å². The SMILES string of the molecule is Cn1c(=O)n(C2CCC(=O)NC2=O)c2ccc(C3CCN(CCC(=O)N4CC[C@@H](c5ccc6cc(O)c(N7CC(=O)NS7(=O)=O)c(F)c6c5)C4)CC3)cc21. The number of rotatable bonds is 7. The van der Waals surface area contributed by atoms with E-state index in [0.717, 1.165) is 42.6 Å². The molecule has 0 aliphatic carbocycles. The van der Waals surface area contributed by atoms with Crippen LogP contribution in [-0.4, -0.2) is 95.4 Å². The lowest BCUT2D eigenvalue weighted by atomic mass is 9.89. The predicted octanol–water partition coefficient (Wildman–Crippen LogP) is 2.08. The van der Waals surface area contributed by atoms with Crippen molar-refractivity contribution in [1.29, 1.82) is 0 Å². The molecule has 17 heteroatoms. The molecule has 0 radical (unpaired) electrons. The molecular formula is C37H40FN7O8S. The van der Waals surface area contributed by atoms with E-state index < -0.39 is 51.9 Å². The summed E-state index contributed by atoms with van der Waals surface area (Å²) in [5.74, 6) is -2.89. The summed E-state index contributed by atoms with van der Waals surface area (Å²) in [6, 6.07) is 11.6. The van der Waals surface area contributed by atoms with Crippen molar-refractivity contribution in [1.82, 2.24) is 29.0 Å². The van der Waals surface area contributed by atoms with Crippen molar-refractivity contribution in [3.05, 3.63) is 69.9 Å². The molecule has 1 aromatic heterocycles. The molecule has 4 aliphatic rings. The lowest BCUT2D eigenvalue weighted by molar-refractivity contribution is -0.136. The fourth-order valence-corrected chi connectivity index (χ4v) is 9.67. The maximum absolute atomic E-state index is 15.8. The molecule has 4 fully saturated rings. The van der Waals surface area contributed by atoms with E-state index in [1.54, 1.807) is 28.5 Å². The second kappa shape index (κ2) is 13.5. The highest BCUT2D eigenvalue weighted by Crippen LogP contribution is 2.40. The number of nitrogens with zero attached hydrogens (tertiary/aromatic N) is 5. The maximum atomic E-state index is 15.8. The summed E-state index contributed by atoms with van der Waals surface area (Å²) in [7, 11) is -2.64. The third-order valence-corrected chi connectivity index (χ3v) is 12.9. The first-order chi connectivity index (χ1) is 25.8. The Bertz CT molecular complexity index is 2420. The van der Waals surface area contributed by atoms with Gasteiger partial charge in [0.05, 0.1) is 11.0 Å². The minimum atomic E-state index is -4.33. The van der Waals surface area contributed by atoms with Crippen LogP contribution in [0.4, 0.5) is 10.1 Å². The number of likely N-dealkylation sites (tertiary alicyclic amines) is 2. The van der Waals surface area contributed by atoms with E-state index in [1.165, 1.54) is 10.6 Å². The molecule has 54 heavy (non-hydrogen) atoms. The number of piperidine rings is 2. The van der Waals surface area contributed by atoms with E-state index in [4.69, 9.17) is 0 Å². The van der Waals surface area contributed by atoms with E-state index in [0.29, 0.717) is 47.7 Å². The maximum Gasteiger partial charge on any atom is 0.329 e. The molecule has 0 bridgehead atoms. The summed E-state index contributed by atoms with van der Waals surface area (Å²) in [5.41, 5.74) is 2.43. The minimum absolute atomic E-state index is 0.0436. The molecule has 4 amide bonds. The van der Waals surface area contributed by atoms with Gasteiger partial charge in [-0.15, -0.1) is 0 Å². The predicted molar refractivity (Wildman–Crippen MR) is 196 cm³/mol. The number of aromatic hydroxyl groups is 1. The van der Waals surface area contributed by atoms with Crippen LogP contribution in [0.3, 0.4) is 0 Å². The summed E-state index contributed by atoms with van der Waals surface area (Å²) in [6.07, 6.45) is 3.30. The van der Waals surface area contributed by atoms with Gasteiger partial charge in [-0.1, -0.05) is 18.2 Å². The van der Waals surface area contributed by atoms with E-state index >= 15 is 4.39 Å². The van der Waals surface area contributed by atoms with Crippen LogP contribution in [0.1, 0.15) is 67.5 Å². The zero-order valence-electron chi connectivity index (χ0n) is 29.6. The zero-order valence-corrected chi connectivity index (χ0v) is 30.4. The highest BCUT2D eigenvalue weighted by molar-refractivity contribution is 7.92. The Balaban J connectivity index is 0.871. The Labute approximate surface area is 309 Å². The minimum Gasteiger partial charge on any atom is -0.506 e. The second-order valence-electron chi connectivity index (χ2n) is 14.7. The van der Waals surface area contributed by atoms with Gasteiger partial charge in [-0.05, 0) is 85.5 Å².